The normalized spacial score (nSPS) is 9.29. The molecule has 0 amide bonds. The van der Waals surface area contributed by atoms with Crippen molar-refractivity contribution in [3.05, 3.63) is 22.9 Å². The van der Waals surface area contributed by atoms with Crippen LogP contribution in [-0.4, -0.2) is 12.6 Å². The molecule has 0 N–H and O–H groups in total. The van der Waals surface area contributed by atoms with Crippen molar-refractivity contribution in [3.8, 4) is 0 Å². The van der Waals surface area contributed by atoms with E-state index in [1.54, 1.807) is 11.3 Å². The number of thiophene rings is 1. The van der Waals surface area contributed by atoms with Crippen molar-refractivity contribution in [1.82, 2.24) is 0 Å². The second-order valence-electron chi connectivity index (χ2n) is 3.90. The Hall–Kier alpha value is -0.830. The molecule has 1 heterocycles. The van der Waals surface area contributed by atoms with Crippen LogP contribution in [0.4, 0.5) is 0 Å². The van der Waals surface area contributed by atoms with E-state index in [1.807, 2.05) is 22.9 Å². The monoisotopic (exact) mass is 256 g/mol. The van der Waals surface area contributed by atoms with Crippen molar-refractivity contribution in [2.24, 2.45) is 0 Å². The third kappa shape index (κ3) is 15.2. The van der Waals surface area contributed by atoms with Crippen molar-refractivity contribution >= 4 is 17.3 Å². The van der Waals surface area contributed by atoms with Crippen LogP contribution in [0, 0.1) is 0 Å². The zero-order valence-corrected chi connectivity index (χ0v) is 11.8. The Labute approximate surface area is 109 Å². The SMILES string of the molecule is CCCCCCCCOC(C)=O.c1ccsc1. The van der Waals surface area contributed by atoms with Crippen molar-refractivity contribution in [2.45, 2.75) is 52.4 Å². The number of esters is 1. The zero-order chi connectivity index (χ0) is 12.8. The smallest absolute Gasteiger partial charge is 0.302 e. The van der Waals surface area contributed by atoms with Gasteiger partial charge in [-0.3, -0.25) is 4.79 Å². The molecule has 0 bridgehead atoms. The summed E-state index contributed by atoms with van der Waals surface area (Å²) in [4.78, 5) is 10.4. The summed E-state index contributed by atoms with van der Waals surface area (Å²) in [6, 6.07) is 4.04. The van der Waals surface area contributed by atoms with E-state index in [1.165, 1.54) is 39.0 Å². The van der Waals surface area contributed by atoms with Crippen LogP contribution in [0.15, 0.2) is 22.9 Å². The number of hydrogen-bond donors (Lipinski definition) is 0. The van der Waals surface area contributed by atoms with Gasteiger partial charge >= 0.3 is 5.97 Å². The first-order valence-electron chi connectivity index (χ1n) is 6.38. The first kappa shape index (κ1) is 16.2. The molecule has 0 fully saturated rings. The highest BCUT2D eigenvalue weighted by Crippen LogP contribution is 2.04. The largest absolute Gasteiger partial charge is 0.466 e. The fraction of sp³-hybridized carbons (Fsp3) is 0.643. The number of hydrogen-bond acceptors (Lipinski definition) is 3. The van der Waals surface area contributed by atoms with Crippen LogP contribution in [0.3, 0.4) is 0 Å². The van der Waals surface area contributed by atoms with Gasteiger partial charge in [0.2, 0.25) is 0 Å². The van der Waals surface area contributed by atoms with Crippen LogP contribution in [-0.2, 0) is 9.53 Å². The Morgan fingerprint density at radius 1 is 1.06 bits per heavy atom. The summed E-state index contributed by atoms with van der Waals surface area (Å²) >= 11 is 1.71. The highest BCUT2D eigenvalue weighted by atomic mass is 32.1. The third-order valence-corrected chi connectivity index (χ3v) is 2.86. The Morgan fingerprint density at radius 2 is 1.65 bits per heavy atom. The van der Waals surface area contributed by atoms with Crippen LogP contribution in [0.25, 0.3) is 0 Å². The van der Waals surface area contributed by atoms with Crippen molar-refractivity contribution < 1.29 is 9.53 Å². The topological polar surface area (TPSA) is 26.3 Å². The van der Waals surface area contributed by atoms with Crippen molar-refractivity contribution in [1.29, 1.82) is 0 Å². The van der Waals surface area contributed by atoms with Crippen molar-refractivity contribution in [3.63, 3.8) is 0 Å². The maximum Gasteiger partial charge on any atom is 0.302 e. The molecule has 0 atom stereocenters. The molecule has 1 aromatic heterocycles. The highest BCUT2D eigenvalue weighted by Gasteiger charge is 1.92. The molecule has 1 aromatic rings. The minimum absolute atomic E-state index is 0.163. The molecule has 0 unspecified atom stereocenters. The summed E-state index contributed by atoms with van der Waals surface area (Å²) in [5.41, 5.74) is 0. The Kier molecular flexibility index (Phi) is 12.6. The lowest BCUT2D eigenvalue weighted by Crippen LogP contribution is -1.99. The maximum absolute atomic E-state index is 10.4. The summed E-state index contributed by atoms with van der Waals surface area (Å²) < 4.78 is 4.81. The molecule has 0 radical (unpaired) electrons. The van der Waals surface area contributed by atoms with E-state index in [4.69, 9.17) is 4.74 Å². The lowest BCUT2D eigenvalue weighted by Gasteiger charge is -2.01. The number of carbonyl (C=O) groups excluding carboxylic acids is 1. The number of carbonyl (C=O) groups is 1. The minimum atomic E-state index is -0.163. The molecular weight excluding hydrogens is 232 g/mol. The van der Waals surface area contributed by atoms with E-state index in [0.29, 0.717) is 6.61 Å². The van der Waals surface area contributed by atoms with Crippen LogP contribution < -0.4 is 0 Å². The first-order chi connectivity index (χ1) is 8.27. The number of rotatable bonds is 7. The minimum Gasteiger partial charge on any atom is -0.466 e. The Bertz CT molecular complexity index is 228. The van der Waals surface area contributed by atoms with Gasteiger partial charge in [0.1, 0.15) is 0 Å². The molecular formula is C14H24O2S. The van der Waals surface area contributed by atoms with Gasteiger partial charge in [-0.05, 0) is 17.2 Å². The molecule has 17 heavy (non-hydrogen) atoms. The molecule has 0 aromatic carbocycles. The van der Waals surface area contributed by atoms with Gasteiger partial charge in [-0.15, -0.1) is 0 Å². The van der Waals surface area contributed by atoms with Gasteiger partial charge in [0.15, 0.2) is 0 Å². The lowest BCUT2D eigenvalue weighted by molar-refractivity contribution is -0.141. The van der Waals surface area contributed by atoms with Gasteiger partial charge in [-0.25, -0.2) is 0 Å². The van der Waals surface area contributed by atoms with Gasteiger partial charge in [-0.1, -0.05) is 51.2 Å². The highest BCUT2D eigenvalue weighted by molar-refractivity contribution is 7.07. The Balaban J connectivity index is 0.000000419. The van der Waals surface area contributed by atoms with E-state index in [-0.39, 0.29) is 5.97 Å². The van der Waals surface area contributed by atoms with E-state index >= 15 is 0 Å². The van der Waals surface area contributed by atoms with Gasteiger partial charge in [-0.2, -0.15) is 11.3 Å². The van der Waals surface area contributed by atoms with Gasteiger partial charge in [0.05, 0.1) is 6.61 Å². The van der Waals surface area contributed by atoms with Gasteiger partial charge < -0.3 is 4.74 Å². The molecule has 98 valence electrons. The van der Waals surface area contributed by atoms with Crippen LogP contribution in [0.5, 0.6) is 0 Å². The van der Waals surface area contributed by atoms with Gasteiger partial charge in [0.25, 0.3) is 0 Å². The molecule has 0 spiro atoms. The van der Waals surface area contributed by atoms with Crippen LogP contribution in [0.2, 0.25) is 0 Å². The second kappa shape index (κ2) is 13.2. The van der Waals surface area contributed by atoms with E-state index < -0.39 is 0 Å². The second-order valence-corrected chi connectivity index (χ2v) is 4.72. The molecule has 2 nitrogen and oxygen atoms in total. The van der Waals surface area contributed by atoms with Crippen LogP contribution >= 0.6 is 11.3 Å². The lowest BCUT2D eigenvalue weighted by atomic mass is 10.1. The summed E-state index contributed by atoms with van der Waals surface area (Å²) in [5, 5.41) is 4.08. The quantitative estimate of drug-likeness (QED) is 0.524. The molecule has 0 aliphatic heterocycles. The van der Waals surface area contributed by atoms with E-state index in [0.717, 1.165) is 6.42 Å². The molecule has 0 saturated heterocycles. The predicted molar refractivity (Wildman–Crippen MR) is 74.3 cm³/mol. The third-order valence-electron chi connectivity index (χ3n) is 2.23. The number of unbranched alkanes of at least 4 members (excludes halogenated alkanes) is 5. The molecule has 0 aliphatic carbocycles. The van der Waals surface area contributed by atoms with E-state index in [9.17, 15) is 4.79 Å². The summed E-state index contributed by atoms with van der Waals surface area (Å²) in [5.74, 6) is -0.163. The fourth-order valence-corrected chi connectivity index (χ4v) is 1.78. The molecule has 3 heteroatoms. The summed E-state index contributed by atoms with van der Waals surface area (Å²) in [6.45, 7) is 4.26. The van der Waals surface area contributed by atoms with Crippen molar-refractivity contribution in [2.75, 3.05) is 6.61 Å². The molecule has 1 rings (SSSR count). The predicted octanol–water partition coefficient (Wildman–Crippen LogP) is 4.66. The molecule has 0 saturated carbocycles. The zero-order valence-electron chi connectivity index (χ0n) is 11.0. The summed E-state index contributed by atoms with van der Waals surface area (Å²) in [6.07, 6.45) is 7.40. The average Bonchev–Trinajstić information content (AvgIpc) is 2.86. The average molecular weight is 256 g/mol. The maximum atomic E-state index is 10.4. The first-order valence-corrected chi connectivity index (χ1v) is 7.32. The van der Waals surface area contributed by atoms with Crippen LogP contribution in [0.1, 0.15) is 52.4 Å². The fourth-order valence-electron chi connectivity index (χ4n) is 1.33. The Morgan fingerprint density at radius 3 is 2.12 bits per heavy atom. The standard InChI is InChI=1S/C10H20O2.C4H4S/c1-3-4-5-6-7-8-9-12-10(2)11;1-2-4-5-3-1/h3-9H2,1-2H3;1-4H. The summed E-state index contributed by atoms with van der Waals surface area (Å²) in [7, 11) is 0. The number of ether oxygens (including phenoxy) is 1. The molecule has 0 aliphatic rings. The van der Waals surface area contributed by atoms with Gasteiger partial charge in [0, 0.05) is 6.92 Å². The van der Waals surface area contributed by atoms with E-state index in [2.05, 4.69) is 6.92 Å².